The Morgan fingerprint density at radius 3 is 2.48 bits per heavy atom. The lowest BCUT2D eigenvalue weighted by Gasteiger charge is -2.45. The van der Waals surface area contributed by atoms with Gasteiger partial charge in [-0.25, -0.2) is 0 Å². The van der Waals surface area contributed by atoms with Crippen LogP contribution in [0.5, 0.6) is 0 Å². The van der Waals surface area contributed by atoms with Gasteiger partial charge in [-0.05, 0) is 11.5 Å². The SMILES string of the molecule is CCSC(SCC)[C@H]1OCO[C@@H]2CO[C@@H](c3ccccc3)O[C@@H]12. The molecule has 4 nitrogen and oxygen atoms in total. The van der Waals surface area contributed by atoms with Crippen LogP contribution in [0.25, 0.3) is 0 Å². The first-order valence-corrected chi connectivity index (χ1v) is 10.2. The van der Waals surface area contributed by atoms with Crippen molar-refractivity contribution in [1.82, 2.24) is 0 Å². The fourth-order valence-corrected chi connectivity index (χ4v) is 5.57. The minimum Gasteiger partial charge on any atom is -0.347 e. The van der Waals surface area contributed by atoms with Crippen LogP contribution in [0.3, 0.4) is 0 Å². The zero-order chi connectivity index (χ0) is 16.1. The molecule has 2 aliphatic heterocycles. The maximum absolute atomic E-state index is 6.26. The smallest absolute Gasteiger partial charge is 0.184 e. The molecule has 3 rings (SSSR count). The summed E-state index contributed by atoms with van der Waals surface area (Å²) in [7, 11) is 0. The number of hydrogen-bond donors (Lipinski definition) is 0. The van der Waals surface area contributed by atoms with E-state index in [1.807, 2.05) is 53.9 Å². The van der Waals surface area contributed by atoms with E-state index in [4.69, 9.17) is 18.9 Å². The molecule has 0 unspecified atom stereocenters. The van der Waals surface area contributed by atoms with Gasteiger partial charge in [0.1, 0.15) is 25.1 Å². The van der Waals surface area contributed by atoms with Crippen molar-refractivity contribution in [3.63, 3.8) is 0 Å². The minimum absolute atomic E-state index is 0.0266. The number of fused-ring (bicyclic) bond motifs is 1. The van der Waals surface area contributed by atoms with Crippen LogP contribution in [-0.4, -0.2) is 47.8 Å². The van der Waals surface area contributed by atoms with Crippen molar-refractivity contribution in [2.75, 3.05) is 24.9 Å². The van der Waals surface area contributed by atoms with E-state index in [-0.39, 0.29) is 24.6 Å². The molecule has 0 aliphatic carbocycles. The second-order valence-electron chi connectivity index (χ2n) is 5.41. The molecule has 0 bridgehead atoms. The molecular formula is C17H24O4S2. The summed E-state index contributed by atoms with van der Waals surface area (Å²) in [6.07, 6.45) is -0.458. The van der Waals surface area contributed by atoms with Crippen LogP contribution < -0.4 is 0 Å². The zero-order valence-electron chi connectivity index (χ0n) is 13.6. The van der Waals surface area contributed by atoms with Gasteiger partial charge in [0, 0.05) is 5.56 Å². The number of thioether (sulfide) groups is 2. The van der Waals surface area contributed by atoms with Crippen LogP contribution in [0.15, 0.2) is 30.3 Å². The molecule has 1 aromatic carbocycles. The second-order valence-corrected chi connectivity index (χ2v) is 8.55. The largest absolute Gasteiger partial charge is 0.347 e. The quantitative estimate of drug-likeness (QED) is 0.724. The Bertz CT molecular complexity index is 467. The first-order chi connectivity index (χ1) is 11.3. The fourth-order valence-electron chi connectivity index (χ4n) is 2.86. The van der Waals surface area contributed by atoms with Gasteiger partial charge in [-0.2, -0.15) is 0 Å². The van der Waals surface area contributed by atoms with Crippen molar-refractivity contribution >= 4 is 23.5 Å². The predicted octanol–water partition coefficient (Wildman–Crippen LogP) is 3.67. The van der Waals surface area contributed by atoms with Crippen LogP contribution in [0, 0.1) is 0 Å². The van der Waals surface area contributed by atoms with E-state index in [1.54, 1.807) is 0 Å². The van der Waals surface area contributed by atoms with Gasteiger partial charge in [-0.1, -0.05) is 44.2 Å². The van der Waals surface area contributed by atoms with Gasteiger partial charge in [0.05, 0.1) is 11.2 Å². The third-order valence-electron chi connectivity index (χ3n) is 3.93. The molecule has 2 saturated heterocycles. The van der Waals surface area contributed by atoms with E-state index in [0.717, 1.165) is 17.1 Å². The molecule has 1 aromatic rings. The fraction of sp³-hybridized carbons (Fsp3) is 0.647. The van der Waals surface area contributed by atoms with E-state index in [1.165, 1.54) is 0 Å². The average molecular weight is 357 g/mol. The van der Waals surface area contributed by atoms with Crippen molar-refractivity contribution in [3.8, 4) is 0 Å². The van der Waals surface area contributed by atoms with Gasteiger partial charge in [0.2, 0.25) is 0 Å². The Morgan fingerprint density at radius 1 is 1.04 bits per heavy atom. The summed E-state index contributed by atoms with van der Waals surface area (Å²) in [5.41, 5.74) is 1.04. The van der Waals surface area contributed by atoms with Gasteiger partial charge < -0.3 is 18.9 Å². The van der Waals surface area contributed by atoms with Gasteiger partial charge in [-0.15, -0.1) is 23.5 Å². The van der Waals surface area contributed by atoms with E-state index < -0.39 is 0 Å². The molecule has 4 atom stereocenters. The Balaban J connectivity index is 1.74. The van der Waals surface area contributed by atoms with Crippen molar-refractivity contribution in [3.05, 3.63) is 35.9 Å². The summed E-state index contributed by atoms with van der Waals surface area (Å²) < 4.78 is 24.2. The molecule has 0 aromatic heterocycles. The predicted molar refractivity (Wildman–Crippen MR) is 94.7 cm³/mol. The van der Waals surface area contributed by atoms with Crippen molar-refractivity contribution < 1.29 is 18.9 Å². The Labute approximate surface area is 146 Å². The Kier molecular flexibility index (Phi) is 6.68. The van der Waals surface area contributed by atoms with Crippen molar-refractivity contribution in [2.45, 2.75) is 43.0 Å². The molecular weight excluding hydrogens is 332 g/mol. The topological polar surface area (TPSA) is 36.9 Å². The third-order valence-corrected chi connectivity index (χ3v) is 6.60. The molecule has 2 aliphatic rings. The molecule has 23 heavy (non-hydrogen) atoms. The molecule has 0 radical (unpaired) electrons. The highest BCUT2D eigenvalue weighted by molar-refractivity contribution is 8.17. The van der Waals surface area contributed by atoms with Gasteiger partial charge >= 0.3 is 0 Å². The molecule has 0 saturated carbocycles. The standard InChI is InChI=1S/C17H24O4S2/c1-3-22-17(23-4-2)15-14-13(19-11-20-15)10-18-16(21-14)12-8-6-5-7-9-12/h5-9,13-17H,3-4,10-11H2,1-2H3/t13-,14-,15+,16-/m1/s1. The van der Waals surface area contributed by atoms with Gasteiger partial charge in [0.25, 0.3) is 0 Å². The maximum Gasteiger partial charge on any atom is 0.184 e. The molecule has 2 fully saturated rings. The average Bonchev–Trinajstić information content (AvgIpc) is 2.61. The number of hydrogen-bond acceptors (Lipinski definition) is 6. The van der Waals surface area contributed by atoms with Gasteiger partial charge in [0.15, 0.2) is 6.29 Å². The summed E-state index contributed by atoms with van der Waals surface area (Å²) in [5, 5.41) is 0. The van der Waals surface area contributed by atoms with E-state index in [2.05, 4.69) is 13.8 Å². The first kappa shape index (κ1) is 17.6. The lowest BCUT2D eigenvalue weighted by atomic mass is 10.1. The van der Waals surface area contributed by atoms with E-state index in [0.29, 0.717) is 18.0 Å². The highest BCUT2D eigenvalue weighted by Gasteiger charge is 2.45. The molecule has 128 valence electrons. The number of rotatable bonds is 6. The maximum atomic E-state index is 6.26. The summed E-state index contributed by atoms with van der Waals surface area (Å²) in [5.74, 6) is 2.13. The van der Waals surface area contributed by atoms with E-state index in [9.17, 15) is 0 Å². The molecule has 0 spiro atoms. The van der Waals surface area contributed by atoms with Crippen LogP contribution in [0.1, 0.15) is 25.7 Å². The normalized spacial score (nSPS) is 31.1. The highest BCUT2D eigenvalue weighted by Crippen LogP contribution is 2.38. The molecule has 6 heteroatoms. The first-order valence-electron chi connectivity index (χ1n) is 8.12. The van der Waals surface area contributed by atoms with Crippen LogP contribution >= 0.6 is 23.5 Å². The summed E-state index contributed by atoms with van der Waals surface area (Å²) in [6.45, 7) is 5.23. The van der Waals surface area contributed by atoms with E-state index >= 15 is 0 Å². The highest BCUT2D eigenvalue weighted by atomic mass is 32.2. The zero-order valence-corrected chi connectivity index (χ0v) is 15.2. The minimum atomic E-state index is -0.343. The molecule has 2 heterocycles. The van der Waals surface area contributed by atoms with Crippen molar-refractivity contribution in [1.29, 1.82) is 0 Å². The monoisotopic (exact) mass is 356 g/mol. The number of ether oxygens (including phenoxy) is 4. The Morgan fingerprint density at radius 2 is 1.78 bits per heavy atom. The summed E-state index contributed by atoms with van der Waals surface area (Å²) in [6, 6.07) is 10.1. The second kappa shape index (κ2) is 8.74. The Hall–Kier alpha value is -0.240. The van der Waals surface area contributed by atoms with Crippen LogP contribution in [-0.2, 0) is 18.9 Å². The summed E-state index contributed by atoms with van der Waals surface area (Å²) in [4.78, 5) is 0. The third kappa shape index (κ3) is 4.24. The number of benzene rings is 1. The van der Waals surface area contributed by atoms with Crippen LogP contribution in [0.4, 0.5) is 0 Å². The van der Waals surface area contributed by atoms with Crippen LogP contribution in [0.2, 0.25) is 0 Å². The summed E-state index contributed by atoms with van der Waals surface area (Å²) >= 11 is 3.84. The molecule has 0 amide bonds. The van der Waals surface area contributed by atoms with Gasteiger partial charge in [-0.3, -0.25) is 0 Å². The lowest BCUT2D eigenvalue weighted by Crippen LogP contribution is -2.56. The lowest BCUT2D eigenvalue weighted by molar-refractivity contribution is -0.331. The van der Waals surface area contributed by atoms with Crippen molar-refractivity contribution in [2.24, 2.45) is 0 Å². The molecule has 0 N–H and O–H groups in total.